The molecule has 1 atom stereocenters. The molecule has 1 aromatic carbocycles. The lowest BCUT2D eigenvalue weighted by molar-refractivity contribution is -0.142. The number of guanidine groups is 1. The Bertz CT molecular complexity index is 677. The van der Waals surface area contributed by atoms with Gasteiger partial charge >= 0.3 is 0 Å². The molecule has 2 aliphatic rings. The molecule has 2 aliphatic heterocycles. The predicted octanol–water partition coefficient (Wildman–Crippen LogP) is 2.60. The molecule has 0 bridgehead atoms. The molecule has 27 heavy (non-hydrogen) atoms. The van der Waals surface area contributed by atoms with Gasteiger partial charge in [0, 0.05) is 50.9 Å². The molecule has 1 N–H and O–H groups in total. The third kappa shape index (κ3) is 5.77. The molecule has 0 radical (unpaired) electrons. The van der Waals surface area contributed by atoms with Gasteiger partial charge in [0.2, 0.25) is 0 Å². The number of ether oxygens (including phenoxy) is 1. The summed E-state index contributed by atoms with van der Waals surface area (Å²) in [5.41, 5.74) is 0.832. The third-order valence-electron chi connectivity index (χ3n) is 4.75. The van der Waals surface area contributed by atoms with E-state index in [1.807, 2.05) is 4.90 Å². The molecule has 1 amide bonds. The maximum absolute atomic E-state index is 13.4. The Morgan fingerprint density at radius 3 is 2.67 bits per heavy atom. The number of nitrogens with one attached hydrogen (secondary N) is 1. The summed E-state index contributed by atoms with van der Waals surface area (Å²) in [5, 5.41) is 3.27. The molecular formula is C18H25BrFIN4O2. The number of hydrogen-bond acceptors (Lipinski definition) is 3. The minimum Gasteiger partial charge on any atom is -0.368 e. The van der Waals surface area contributed by atoms with Crippen molar-refractivity contribution < 1.29 is 13.9 Å². The highest BCUT2D eigenvalue weighted by molar-refractivity contribution is 14.0. The van der Waals surface area contributed by atoms with Gasteiger partial charge in [-0.15, -0.1) is 24.0 Å². The first-order valence-corrected chi connectivity index (χ1v) is 9.67. The van der Waals surface area contributed by atoms with Crippen molar-refractivity contribution in [3.63, 3.8) is 0 Å². The van der Waals surface area contributed by atoms with E-state index in [2.05, 4.69) is 31.1 Å². The second kappa shape index (κ2) is 10.6. The van der Waals surface area contributed by atoms with E-state index >= 15 is 0 Å². The highest BCUT2D eigenvalue weighted by Gasteiger charge is 2.30. The van der Waals surface area contributed by atoms with E-state index < -0.39 is 0 Å². The number of benzene rings is 1. The Kier molecular flexibility index (Phi) is 8.74. The van der Waals surface area contributed by atoms with Crippen LogP contribution in [0.15, 0.2) is 27.7 Å². The van der Waals surface area contributed by atoms with Gasteiger partial charge in [-0.25, -0.2) is 4.39 Å². The van der Waals surface area contributed by atoms with Crippen LogP contribution in [0.5, 0.6) is 0 Å². The number of rotatable bonds is 3. The van der Waals surface area contributed by atoms with Crippen molar-refractivity contribution in [3.8, 4) is 0 Å². The molecule has 1 aromatic rings. The molecular weight excluding hydrogens is 530 g/mol. The molecule has 0 aliphatic carbocycles. The third-order valence-corrected chi connectivity index (χ3v) is 5.53. The number of halogens is 3. The van der Waals surface area contributed by atoms with Crippen molar-refractivity contribution in [1.29, 1.82) is 0 Å². The van der Waals surface area contributed by atoms with Crippen LogP contribution in [0.2, 0.25) is 0 Å². The van der Waals surface area contributed by atoms with Crippen molar-refractivity contribution in [2.75, 3.05) is 39.8 Å². The summed E-state index contributed by atoms with van der Waals surface area (Å²) in [6, 6.07) is 4.62. The monoisotopic (exact) mass is 554 g/mol. The van der Waals surface area contributed by atoms with Crippen molar-refractivity contribution in [1.82, 2.24) is 15.1 Å². The number of carbonyl (C=O) groups excluding carboxylic acids is 1. The van der Waals surface area contributed by atoms with Crippen molar-refractivity contribution >= 4 is 51.8 Å². The number of piperazine rings is 1. The SMILES string of the molecule is CN=C(NCc1cc(F)ccc1Br)N1CCN(C(=O)C2CCCO2)CC1.I. The molecule has 150 valence electrons. The Balaban J connectivity index is 0.00000261. The molecule has 2 saturated heterocycles. The first kappa shape index (κ1) is 22.4. The van der Waals surface area contributed by atoms with Crippen LogP contribution >= 0.6 is 39.9 Å². The second-order valence-corrected chi connectivity index (χ2v) is 7.30. The average molecular weight is 555 g/mol. The normalized spacial score (nSPS) is 20.4. The van der Waals surface area contributed by atoms with Crippen LogP contribution in [0.3, 0.4) is 0 Å². The Hall–Kier alpha value is -0.940. The molecule has 3 rings (SSSR count). The van der Waals surface area contributed by atoms with Crippen molar-refractivity contribution in [2.45, 2.75) is 25.5 Å². The maximum Gasteiger partial charge on any atom is 0.251 e. The van der Waals surface area contributed by atoms with Gasteiger partial charge in [0.15, 0.2) is 5.96 Å². The fourth-order valence-corrected chi connectivity index (χ4v) is 3.69. The van der Waals surface area contributed by atoms with Crippen LogP contribution < -0.4 is 5.32 Å². The van der Waals surface area contributed by atoms with Crippen LogP contribution in [0, 0.1) is 5.82 Å². The van der Waals surface area contributed by atoms with E-state index in [-0.39, 0.29) is 41.8 Å². The van der Waals surface area contributed by atoms with Crippen LogP contribution in [-0.4, -0.2) is 67.6 Å². The topological polar surface area (TPSA) is 57.2 Å². The highest BCUT2D eigenvalue weighted by Crippen LogP contribution is 2.18. The summed E-state index contributed by atoms with van der Waals surface area (Å²) >= 11 is 3.44. The van der Waals surface area contributed by atoms with E-state index in [1.54, 1.807) is 13.1 Å². The van der Waals surface area contributed by atoms with Gasteiger partial charge in [-0.2, -0.15) is 0 Å². The van der Waals surface area contributed by atoms with Crippen LogP contribution in [0.25, 0.3) is 0 Å². The van der Waals surface area contributed by atoms with Crippen molar-refractivity contribution in [2.24, 2.45) is 4.99 Å². The predicted molar refractivity (Wildman–Crippen MR) is 117 cm³/mol. The average Bonchev–Trinajstić information content (AvgIpc) is 3.19. The van der Waals surface area contributed by atoms with Crippen molar-refractivity contribution in [3.05, 3.63) is 34.1 Å². The summed E-state index contributed by atoms with van der Waals surface area (Å²) < 4.78 is 19.8. The first-order valence-electron chi connectivity index (χ1n) is 8.88. The Morgan fingerprint density at radius 1 is 1.33 bits per heavy atom. The van der Waals surface area contributed by atoms with E-state index in [4.69, 9.17) is 4.74 Å². The number of carbonyl (C=O) groups is 1. The van der Waals surface area contributed by atoms with E-state index in [9.17, 15) is 9.18 Å². The summed E-state index contributed by atoms with van der Waals surface area (Å²) in [4.78, 5) is 20.7. The van der Waals surface area contributed by atoms with E-state index in [0.717, 1.165) is 28.8 Å². The van der Waals surface area contributed by atoms with Gasteiger partial charge in [-0.05, 0) is 36.6 Å². The van der Waals surface area contributed by atoms with Gasteiger partial charge in [0.25, 0.3) is 5.91 Å². The molecule has 0 spiro atoms. The summed E-state index contributed by atoms with van der Waals surface area (Å²) in [7, 11) is 1.73. The first-order chi connectivity index (χ1) is 12.6. The Labute approximate surface area is 184 Å². The number of hydrogen-bond donors (Lipinski definition) is 1. The van der Waals surface area contributed by atoms with Crippen LogP contribution in [0.4, 0.5) is 4.39 Å². The Morgan fingerprint density at radius 2 is 2.04 bits per heavy atom. The minimum atomic E-state index is -0.263. The zero-order chi connectivity index (χ0) is 18.5. The molecule has 0 saturated carbocycles. The van der Waals surface area contributed by atoms with E-state index in [0.29, 0.717) is 39.3 Å². The molecule has 0 aromatic heterocycles. The second-order valence-electron chi connectivity index (χ2n) is 6.45. The van der Waals surface area contributed by atoms with E-state index in [1.165, 1.54) is 12.1 Å². The minimum absolute atomic E-state index is 0. The fraction of sp³-hybridized carbons (Fsp3) is 0.556. The van der Waals surface area contributed by atoms with Gasteiger partial charge in [-0.1, -0.05) is 15.9 Å². The summed E-state index contributed by atoms with van der Waals surface area (Å²) in [6.45, 7) is 3.89. The molecule has 6 nitrogen and oxygen atoms in total. The maximum atomic E-state index is 13.4. The van der Waals surface area contributed by atoms with Gasteiger partial charge in [-0.3, -0.25) is 9.79 Å². The summed E-state index contributed by atoms with van der Waals surface area (Å²) in [5.74, 6) is 0.598. The molecule has 2 fully saturated rings. The van der Waals surface area contributed by atoms with Crippen LogP contribution in [-0.2, 0) is 16.1 Å². The highest BCUT2D eigenvalue weighted by atomic mass is 127. The standard InChI is InChI=1S/C18H24BrFN4O2.HI/c1-21-18(22-12-13-11-14(20)4-5-15(13)19)24-8-6-23(7-9-24)17(25)16-3-2-10-26-16;/h4-5,11,16H,2-3,6-10,12H2,1H3,(H,21,22);1H. The quantitative estimate of drug-likeness (QED) is 0.354. The zero-order valence-corrected chi connectivity index (χ0v) is 19.2. The number of nitrogens with zero attached hydrogens (tertiary/aromatic N) is 3. The largest absolute Gasteiger partial charge is 0.368 e. The lowest BCUT2D eigenvalue weighted by atomic mass is 10.2. The lowest BCUT2D eigenvalue weighted by Gasteiger charge is -2.37. The molecule has 1 unspecified atom stereocenters. The summed E-state index contributed by atoms with van der Waals surface area (Å²) in [6.07, 6.45) is 1.53. The number of aliphatic imine (C=N–C) groups is 1. The number of amides is 1. The van der Waals surface area contributed by atoms with Gasteiger partial charge in [0.05, 0.1) is 0 Å². The lowest BCUT2D eigenvalue weighted by Crippen LogP contribution is -2.55. The molecule has 9 heteroatoms. The smallest absolute Gasteiger partial charge is 0.251 e. The van der Waals surface area contributed by atoms with Gasteiger partial charge < -0.3 is 19.9 Å². The molecule has 2 heterocycles. The zero-order valence-electron chi connectivity index (χ0n) is 15.3. The van der Waals surface area contributed by atoms with Crippen LogP contribution in [0.1, 0.15) is 18.4 Å². The fourth-order valence-electron chi connectivity index (χ4n) is 3.30. The van der Waals surface area contributed by atoms with Gasteiger partial charge in [0.1, 0.15) is 11.9 Å².